The van der Waals surface area contributed by atoms with Gasteiger partial charge in [0.15, 0.2) is 5.69 Å². The summed E-state index contributed by atoms with van der Waals surface area (Å²) in [5.74, 6) is -0.622. The highest BCUT2D eigenvalue weighted by molar-refractivity contribution is 5.91. The van der Waals surface area contributed by atoms with Crippen LogP contribution in [0.1, 0.15) is 30.8 Å². The third kappa shape index (κ3) is 4.63. The number of hydrogen-bond acceptors (Lipinski definition) is 4. The lowest BCUT2D eigenvalue weighted by Gasteiger charge is -2.07. The van der Waals surface area contributed by atoms with E-state index in [2.05, 4.69) is 15.6 Å². The summed E-state index contributed by atoms with van der Waals surface area (Å²) in [5, 5.41) is 10.4. The first-order valence-corrected chi connectivity index (χ1v) is 7.14. The lowest BCUT2D eigenvalue weighted by molar-refractivity contribution is 0.0756. The number of amides is 1. The molecule has 0 atom stereocenters. The zero-order valence-electron chi connectivity index (χ0n) is 12.6. The fourth-order valence-electron chi connectivity index (χ4n) is 1.77. The van der Waals surface area contributed by atoms with Crippen molar-refractivity contribution in [3.63, 3.8) is 0 Å². The Balaban J connectivity index is 1.85. The second kappa shape index (κ2) is 7.65. The summed E-state index contributed by atoms with van der Waals surface area (Å²) in [6, 6.07) is 5.78. The van der Waals surface area contributed by atoms with Crippen molar-refractivity contribution in [1.82, 2.24) is 20.3 Å². The lowest BCUT2D eigenvalue weighted by atomic mass is 10.3. The predicted molar refractivity (Wildman–Crippen MR) is 79.4 cm³/mol. The number of carbonyl (C=O) groups excluding carboxylic acids is 1. The van der Waals surface area contributed by atoms with Crippen LogP contribution in [0.25, 0.3) is 5.69 Å². The SMILES string of the molecule is CC(C)OCCCNC(=O)c1cn(-c2ccc(F)cc2)nn1. The second-order valence-corrected chi connectivity index (χ2v) is 5.05. The zero-order chi connectivity index (χ0) is 15.9. The van der Waals surface area contributed by atoms with Crippen molar-refractivity contribution in [1.29, 1.82) is 0 Å². The Labute approximate surface area is 128 Å². The van der Waals surface area contributed by atoms with Gasteiger partial charge in [0.05, 0.1) is 18.0 Å². The van der Waals surface area contributed by atoms with E-state index in [9.17, 15) is 9.18 Å². The quantitative estimate of drug-likeness (QED) is 0.794. The summed E-state index contributed by atoms with van der Waals surface area (Å²) in [6.07, 6.45) is 2.43. The maximum Gasteiger partial charge on any atom is 0.273 e. The van der Waals surface area contributed by atoms with Gasteiger partial charge in [0.2, 0.25) is 0 Å². The Morgan fingerprint density at radius 1 is 1.36 bits per heavy atom. The van der Waals surface area contributed by atoms with Gasteiger partial charge in [-0.15, -0.1) is 5.10 Å². The van der Waals surface area contributed by atoms with Crippen LogP contribution in [0.15, 0.2) is 30.5 Å². The first-order chi connectivity index (χ1) is 10.6. The minimum absolute atomic E-state index is 0.186. The van der Waals surface area contributed by atoms with Crippen LogP contribution in [-0.4, -0.2) is 40.2 Å². The number of halogens is 1. The lowest BCUT2D eigenvalue weighted by Crippen LogP contribution is -2.25. The summed E-state index contributed by atoms with van der Waals surface area (Å²) >= 11 is 0. The maximum absolute atomic E-state index is 12.9. The molecule has 0 unspecified atom stereocenters. The van der Waals surface area contributed by atoms with E-state index in [0.717, 1.165) is 6.42 Å². The van der Waals surface area contributed by atoms with Crippen LogP contribution in [0.5, 0.6) is 0 Å². The van der Waals surface area contributed by atoms with Gasteiger partial charge in [-0.1, -0.05) is 5.21 Å². The van der Waals surface area contributed by atoms with E-state index in [1.807, 2.05) is 13.8 Å². The van der Waals surface area contributed by atoms with Crippen LogP contribution in [0, 0.1) is 5.82 Å². The summed E-state index contributed by atoms with van der Waals surface area (Å²) in [7, 11) is 0. The third-order valence-electron chi connectivity index (χ3n) is 2.88. The molecular formula is C15H19FN4O2. The van der Waals surface area contributed by atoms with Gasteiger partial charge >= 0.3 is 0 Å². The standard InChI is InChI=1S/C15H19FN4O2/c1-11(2)22-9-3-8-17-15(21)14-10-20(19-18-14)13-6-4-12(16)5-7-13/h4-7,10-11H,3,8-9H2,1-2H3,(H,17,21). The summed E-state index contributed by atoms with van der Waals surface area (Å²) in [4.78, 5) is 11.9. The van der Waals surface area contributed by atoms with E-state index in [1.165, 1.54) is 23.0 Å². The molecule has 1 aromatic carbocycles. The van der Waals surface area contributed by atoms with Gasteiger partial charge in [0.25, 0.3) is 5.91 Å². The van der Waals surface area contributed by atoms with Crippen LogP contribution in [0.2, 0.25) is 0 Å². The topological polar surface area (TPSA) is 69.0 Å². The van der Waals surface area contributed by atoms with E-state index in [1.54, 1.807) is 12.1 Å². The van der Waals surface area contributed by atoms with Gasteiger partial charge in [-0.3, -0.25) is 4.79 Å². The number of benzene rings is 1. The molecule has 0 aliphatic rings. The van der Waals surface area contributed by atoms with Crippen molar-refractivity contribution in [3.05, 3.63) is 42.0 Å². The molecule has 2 rings (SSSR count). The molecule has 118 valence electrons. The molecule has 2 aromatic rings. The van der Waals surface area contributed by atoms with Crippen molar-refractivity contribution in [2.75, 3.05) is 13.2 Å². The fourth-order valence-corrected chi connectivity index (χ4v) is 1.77. The molecule has 7 heteroatoms. The Morgan fingerprint density at radius 2 is 2.09 bits per heavy atom. The van der Waals surface area contributed by atoms with Crippen LogP contribution in [-0.2, 0) is 4.74 Å². The molecule has 0 radical (unpaired) electrons. The molecule has 1 aromatic heterocycles. The van der Waals surface area contributed by atoms with E-state index in [0.29, 0.717) is 18.8 Å². The van der Waals surface area contributed by atoms with E-state index >= 15 is 0 Å². The van der Waals surface area contributed by atoms with Crippen molar-refractivity contribution in [3.8, 4) is 5.69 Å². The first-order valence-electron chi connectivity index (χ1n) is 7.14. The van der Waals surface area contributed by atoms with Gasteiger partial charge in [-0.25, -0.2) is 9.07 Å². The normalized spacial score (nSPS) is 10.9. The summed E-state index contributed by atoms with van der Waals surface area (Å²) in [6.45, 7) is 5.04. The van der Waals surface area contributed by atoms with E-state index in [4.69, 9.17) is 4.74 Å². The van der Waals surface area contributed by atoms with E-state index < -0.39 is 0 Å². The molecule has 1 amide bonds. The average Bonchev–Trinajstić information content (AvgIpc) is 2.97. The molecule has 6 nitrogen and oxygen atoms in total. The molecule has 1 N–H and O–H groups in total. The van der Waals surface area contributed by atoms with Crippen molar-refractivity contribution in [2.24, 2.45) is 0 Å². The van der Waals surface area contributed by atoms with Gasteiger partial charge in [0, 0.05) is 13.2 Å². The fraction of sp³-hybridized carbons (Fsp3) is 0.400. The molecule has 0 aliphatic heterocycles. The Kier molecular flexibility index (Phi) is 5.60. The zero-order valence-corrected chi connectivity index (χ0v) is 12.6. The number of hydrogen-bond donors (Lipinski definition) is 1. The summed E-state index contributed by atoms with van der Waals surface area (Å²) in [5.41, 5.74) is 0.854. The average molecular weight is 306 g/mol. The number of nitrogens with zero attached hydrogens (tertiary/aromatic N) is 3. The van der Waals surface area contributed by atoms with Crippen LogP contribution in [0.4, 0.5) is 4.39 Å². The molecule has 0 aliphatic carbocycles. The predicted octanol–water partition coefficient (Wildman–Crippen LogP) is 1.95. The minimum atomic E-state index is -0.328. The van der Waals surface area contributed by atoms with Gasteiger partial charge < -0.3 is 10.1 Å². The second-order valence-electron chi connectivity index (χ2n) is 5.05. The van der Waals surface area contributed by atoms with Gasteiger partial charge in [-0.2, -0.15) is 0 Å². The number of nitrogens with one attached hydrogen (secondary N) is 1. The molecule has 1 heterocycles. The first kappa shape index (κ1) is 16.1. The van der Waals surface area contributed by atoms with Crippen LogP contribution in [0.3, 0.4) is 0 Å². The Hall–Kier alpha value is -2.28. The molecule has 0 saturated heterocycles. The smallest absolute Gasteiger partial charge is 0.273 e. The van der Waals surface area contributed by atoms with Crippen LogP contribution >= 0.6 is 0 Å². The highest BCUT2D eigenvalue weighted by Crippen LogP contribution is 2.08. The third-order valence-corrected chi connectivity index (χ3v) is 2.88. The number of ether oxygens (including phenoxy) is 1. The number of aromatic nitrogens is 3. The van der Waals surface area contributed by atoms with Crippen molar-refractivity contribution in [2.45, 2.75) is 26.4 Å². The van der Waals surface area contributed by atoms with Crippen molar-refractivity contribution >= 4 is 5.91 Å². The maximum atomic E-state index is 12.9. The van der Waals surface area contributed by atoms with Crippen LogP contribution < -0.4 is 5.32 Å². The summed E-state index contributed by atoms with van der Waals surface area (Å²) < 4.78 is 19.7. The van der Waals surface area contributed by atoms with Gasteiger partial charge in [0.1, 0.15) is 5.82 Å². The van der Waals surface area contributed by atoms with Crippen molar-refractivity contribution < 1.29 is 13.9 Å². The Morgan fingerprint density at radius 3 is 2.77 bits per heavy atom. The minimum Gasteiger partial charge on any atom is -0.379 e. The Bertz CT molecular complexity index is 610. The number of rotatable bonds is 7. The largest absolute Gasteiger partial charge is 0.379 e. The molecular weight excluding hydrogens is 287 g/mol. The molecule has 22 heavy (non-hydrogen) atoms. The molecule has 0 bridgehead atoms. The molecule has 0 spiro atoms. The molecule has 0 fully saturated rings. The number of carbonyl (C=O) groups is 1. The monoisotopic (exact) mass is 306 g/mol. The highest BCUT2D eigenvalue weighted by Gasteiger charge is 2.11. The van der Waals surface area contributed by atoms with Gasteiger partial charge in [-0.05, 0) is 44.5 Å². The van der Waals surface area contributed by atoms with E-state index in [-0.39, 0.29) is 23.5 Å². The highest BCUT2D eigenvalue weighted by atomic mass is 19.1. The molecule has 0 saturated carbocycles.